The topological polar surface area (TPSA) is 21.3 Å². The first-order valence-electron chi connectivity index (χ1n) is 6.72. The molecule has 0 aromatic carbocycles. The zero-order valence-electron chi connectivity index (χ0n) is 11.9. The minimum Gasteiger partial charge on any atom is -0.383 e. The second kappa shape index (κ2) is 9.00. The van der Waals surface area contributed by atoms with Crippen LogP contribution in [0.2, 0.25) is 0 Å². The van der Waals surface area contributed by atoms with Crippen LogP contribution in [0.4, 0.5) is 0 Å². The smallest absolute Gasteiger partial charge is 0.0587 e. The SMILES string of the molecule is CCCCCC(CNCCOC)C(C)(C)C. The zero-order chi connectivity index (χ0) is 12.4. The minimum absolute atomic E-state index is 0.411. The van der Waals surface area contributed by atoms with Gasteiger partial charge in [-0.1, -0.05) is 47.0 Å². The van der Waals surface area contributed by atoms with Crippen LogP contribution in [0.5, 0.6) is 0 Å². The molecule has 0 aliphatic heterocycles. The Labute approximate surface area is 102 Å². The highest BCUT2D eigenvalue weighted by Crippen LogP contribution is 2.29. The normalized spacial score (nSPS) is 14.1. The summed E-state index contributed by atoms with van der Waals surface area (Å²) in [7, 11) is 1.75. The van der Waals surface area contributed by atoms with E-state index in [2.05, 4.69) is 33.0 Å². The van der Waals surface area contributed by atoms with Crippen molar-refractivity contribution in [2.24, 2.45) is 11.3 Å². The van der Waals surface area contributed by atoms with E-state index >= 15 is 0 Å². The highest BCUT2D eigenvalue weighted by Gasteiger charge is 2.23. The molecule has 1 unspecified atom stereocenters. The lowest BCUT2D eigenvalue weighted by Crippen LogP contribution is -2.33. The minimum atomic E-state index is 0.411. The maximum atomic E-state index is 5.05. The van der Waals surface area contributed by atoms with E-state index in [1.165, 1.54) is 25.7 Å². The third-order valence-corrected chi connectivity index (χ3v) is 3.25. The maximum Gasteiger partial charge on any atom is 0.0587 e. The fourth-order valence-electron chi connectivity index (χ4n) is 1.93. The molecular weight excluding hydrogens is 198 g/mol. The molecule has 0 amide bonds. The summed E-state index contributed by atoms with van der Waals surface area (Å²) in [6.45, 7) is 12.2. The summed E-state index contributed by atoms with van der Waals surface area (Å²) >= 11 is 0. The molecule has 0 heterocycles. The van der Waals surface area contributed by atoms with Crippen LogP contribution in [0.15, 0.2) is 0 Å². The fourth-order valence-corrected chi connectivity index (χ4v) is 1.93. The molecular formula is C14H31NO. The van der Waals surface area contributed by atoms with Gasteiger partial charge in [0.1, 0.15) is 0 Å². The lowest BCUT2D eigenvalue weighted by Gasteiger charge is -2.31. The van der Waals surface area contributed by atoms with Crippen LogP contribution in [-0.2, 0) is 4.74 Å². The van der Waals surface area contributed by atoms with Gasteiger partial charge in [0.05, 0.1) is 6.61 Å². The molecule has 2 nitrogen and oxygen atoms in total. The lowest BCUT2D eigenvalue weighted by molar-refractivity contribution is 0.181. The van der Waals surface area contributed by atoms with Gasteiger partial charge in [-0.2, -0.15) is 0 Å². The molecule has 0 aromatic heterocycles. The van der Waals surface area contributed by atoms with Crippen molar-refractivity contribution in [3.63, 3.8) is 0 Å². The summed E-state index contributed by atoms with van der Waals surface area (Å²) in [4.78, 5) is 0. The van der Waals surface area contributed by atoms with Crippen LogP contribution in [0.25, 0.3) is 0 Å². The van der Waals surface area contributed by atoms with Crippen molar-refractivity contribution >= 4 is 0 Å². The van der Waals surface area contributed by atoms with E-state index < -0.39 is 0 Å². The van der Waals surface area contributed by atoms with Gasteiger partial charge >= 0.3 is 0 Å². The average molecular weight is 229 g/mol. The highest BCUT2D eigenvalue weighted by atomic mass is 16.5. The van der Waals surface area contributed by atoms with Crippen molar-refractivity contribution < 1.29 is 4.74 Å². The molecule has 16 heavy (non-hydrogen) atoms. The van der Waals surface area contributed by atoms with E-state index in [0.717, 1.165) is 25.6 Å². The highest BCUT2D eigenvalue weighted by molar-refractivity contribution is 4.76. The van der Waals surface area contributed by atoms with Gasteiger partial charge in [-0.3, -0.25) is 0 Å². The number of unbranched alkanes of at least 4 members (excludes halogenated alkanes) is 2. The van der Waals surface area contributed by atoms with E-state index in [9.17, 15) is 0 Å². The van der Waals surface area contributed by atoms with Gasteiger partial charge in [0.15, 0.2) is 0 Å². The maximum absolute atomic E-state index is 5.05. The zero-order valence-corrected chi connectivity index (χ0v) is 11.9. The van der Waals surface area contributed by atoms with E-state index in [1.807, 2.05) is 0 Å². The standard InChI is InChI=1S/C14H31NO/c1-6-7-8-9-13(14(2,3)4)12-15-10-11-16-5/h13,15H,6-12H2,1-5H3. The Bertz CT molecular complexity index is 151. The second-order valence-electron chi connectivity index (χ2n) is 5.76. The molecule has 0 radical (unpaired) electrons. The van der Waals surface area contributed by atoms with Crippen molar-refractivity contribution in [1.29, 1.82) is 0 Å². The van der Waals surface area contributed by atoms with Crippen molar-refractivity contribution in [2.75, 3.05) is 26.8 Å². The van der Waals surface area contributed by atoms with Crippen molar-refractivity contribution in [3.8, 4) is 0 Å². The summed E-state index contributed by atoms with van der Waals surface area (Å²) in [5, 5.41) is 3.49. The quantitative estimate of drug-likeness (QED) is 0.611. The number of methoxy groups -OCH3 is 1. The molecule has 0 saturated carbocycles. The van der Waals surface area contributed by atoms with Gasteiger partial charge in [-0.05, 0) is 24.3 Å². The molecule has 0 saturated heterocycles. The molecule has 0 rings (SSSR count). The van der Waals surface area contributed by atoms with Crippen LogP contribution in [0.3, 0.4) is 0 Å². The molecule has 2 heteroatoms. The van der Waals surface area contributed by atoms with E-state index in [4.69, 9.17) is 4.74 Å². The average Bonchev–Trinajstić information content (AvgIpc) is 2.20. The predicted octanol–water partition coefficient (Wildman–Crippen LogP) is 3.47. The Morgan fingerprint density at radius 3 is 2.38 bits per heavy atom. The summed E-state index contributed by atoms with van der Waals surface area (Å²) in [6, 6.07) is 0. The van der Waals surface area contributed by atoms with E-state index in [1.54, 1.807) is 7.11 Å². The largest absolute Gasteiger partial charge is 0.383 e. The molecule has 0 spiro atoms. The molecule has 0 aromatic rings. The van der Waals surface area contributed by atoms with Crippen LogP contribution < -0.4 is 5.32 Å². The van der Waals surface area contributed by atoms with Gasteiger partial charge in [0, 0.05) is 13.7 Å². The summed E-state index contributed by atoms with van der Waals surface area (Å²) in [5.74, 6) is 0.774. The second-order valence-corrected chi connectivity index (χ2v) is 5.76. The van der Waals surface area contributed by atoms with Gasteiger partial charge in [-0.25, -0.2) is 0 Å². The molecule has 0 aliphatic carbocycles. The third kappa shape index (κ3) is 8.12. The summed E-state index contributed by atoms with van der Waals surface area (Å²) in [6.07, 6.45) is 5.39. The Balaban J connectivity index is 3.82. The third-order valence-electron chi connectivity index (χ3n) is 3.25. The Morgan fingerprint density at radius 2 is 1.88 bits per heavy atom. The van der Waals surface area contributed by atoms with Gasteiger partial charge in [-0.15, -0.1) is 0 Å². The molecule has 0 fully saturated rings. The van der Waals surface area contributed by atoms with Crippen molar-refractivity contribution in [2.45, 2.75) is 53.4 Å². The summed E-state index contributed by atoms with van der Waals surface area (Å²) in [5.41, 5.74) is 0.411. The molecule has 0 aliphatic rings. The Kier molecular flexibility index (Phi) is 8.96. The van der Waals surface area contributed by atoms with Crippen LogP contribution in [0.1, 0.15) is 53.4 Å². The Hall–Kier alpha value is -0.0800. The molecule has 1 atom stereocenters. The van der Waals surface area contributed by atoms with E-state index in [-0.39, 0.29) is 0 Å². The molecule has 1 N–H and O–H groups in total. The van der Waals surface area contributed by atoms with Gasteiger partial charge in [0.25, 0.3) is 0 Å². The van der Waals surface area contributed by atoms with Crippen LogP contribution >= 0.6 is 0 Å². The molecule has 98 valence electrons. The van der Waals surface area contributed by atoms with E-state index in [0.29, 0.717) is 5.41 Å². The first-order chi connectivity index (χ1) is 7.52. The lowest BCUT2D eigenvalue weighted by atomic mass is 9.77. The monoisotopic (exact) mass is 229 g/mol. The van der Waals surface area contributed by atoms with Gasteiger partial charge in [0.2, 0.25) is 0 Å². The summed E-state index contributed by atoms with van der Waals surface area (Å²) < 4.78 is 5.05. The molecule has 0 bridgehead atoms. The number of rotatable bonds is 9. The number of ether oxygens (including phenoxy) is 1. The number of nitrogens with one attached hydrogen (secondary N) is 1. The van der Waals surface area contributed by atoms with Crippen molar-refractivity contribution in [3.05, 3.63) is 0 Å². The van der Waals surface area contributed by atoms with Crippen LogP contribution in [0, 0.1) is 11.3 Å². The van der Waals surface area contributed by atoms with Crippen molar-refractivity contribution in [1.82, 2.24) is 5.32 Å². The number of hydrogen-bond acceptors (Lipinski definition) is 2. The van der Waals surface area contributed by atoms with Gasteiger partial charge < -0.3 is 10.1 Å². The number of hydrogen-bond donors (Lipinski definition) is 1. The first kappa shape index (κ1) is 15.9. The first-order valence-corrected chi connectivity index (χ1v) is 6.72. The predicted molar refractivity (Wildman–Crippen MR) is 71.8 cm³/mol. The Morgan fingerprint density at radius 1 is 1.19 bits per heavy atom. The van der Waals surface area contributed by atoms with Crippen LogP contribution in [-0.4, -0.2) is 26.8 Å². The fraction of sp³-hybridized carbons (Fsp3) is 1.00.